The minimum Gasteiger partial charge on any atom is -0.341 e. The van der Waals surface area contributed by atoms with Crippen LogP contribution in [0, 0.1) is 11.8 Å². The van der Waals surface area contributed by atoms with Crippen LogP contribution in [0.5, 0.6) is 0 Å². The maximum atomic E-state index is 12.2. The molecule has 3 heteroatoms. The van der Waals surface area contributed by atoms with E-state index in [2.05, 4.69) is 20.8 Å². The Balaban J connectivity index is 2.55. The van der Waals surface area contributed by atoms with Gasteiger partial charge in [-0.25, -0.2) is 0 Å². The molecular weight excluding hydrogens is 212 g/mol. The smallest absolute Gasteiger partial charge is 0.239 e. The molecule has 0 aromatic heterocycles. The molecule has 0 spiro atoms. The van der Waals surface area contributed by atoms with Crippen molar-refractivity contribution in [3.63, 3.8) is 0 Å². The average molecular weight is 240 g/mol. The Hall–Kier alpha value is -0.570. The quantitative estimate of drug-likeness (QED) is 0.820. The van der Waals surface area contributed by atoms with Crippen molar-refractivity contribution in [2.24, 2.45) is 17.6 Å². The third kappa shape index (κ3) is 3.98. The van der Waals surface area contributed by atoms with E-state index in [0.29, 0.717) is 17.9 Å². The van der Waals surface area contributed by atoms with E-state index < -0.39 is 0 Å². The van der Waals surface area contributed by atoms with Crippen LogP contribution in [-0.2, 0) is 4.79 Å². The van der Waals surface area contributed by atoms with Crippen LogP contribution in [-0.4, -0.2) is 29.9 Å². The molecule has 0 bridgehead atoms. The van der Waals surface area contributed by atoms with E-state index in [-0.39, 0.29) is 11.9 Å². The third-order valence-corrected chi connectivity index (χ3v) is 3.95. The molecule has 100 valence electrons. The Morgan fingerprint density at radius 2 is 1.94 bits per heavy atom. The Bertz CT molecular complexity index is 253. The third-order valence-electron chi connectivity index (χ3n) is 3.95. The topological polar surface area (TPSA) is 46.3 Å². The lowest BCUT2D eigenvalue weighted by Gasteiger charge is -2.37. The maximum absolute atomic E-state index is 12.2. The number of likely N-dealkylation sites (N-methyl/N-ethyl adjacent to an activating group) is 1. The molecule has 1 fully saturated rings. The van der Waals surface area contributed by atoms with Gasteiger partial charge in [-0.2, -0.15) is 0 Å². The summed E-state index contributed by atoms with van der Waals surface area (Å²) in [4.78, 5) is 14.1. The number of nitrogens with zero attached hydrogens (tertiary/aromatic N) is 1. The van der Waals surface area contributed by atoms with E-state index >= 15 is 0 Å². The number of rotatable bonds is 4. The number of amides is 1. The number of hydrogen-bond donors (Lipinski definition) is 1. The SMILES string of the molecule is CC(C)CC(N)C(=O)N(C)C1CCCCC1C. The first kappa shape index (κ1) is 14.5. The minimum absolute atomic E-state index is 0.123. The largest absolute Gasteiger partial charge is 0.341 e. The lowest BCUT2D eigenvalue weighted by Crippen LogP contribution is -2.49. The Morgan fingerprint density at radius 1 is 1.35 bits per heavy atom. The maximum Gasteiger partial charge on any atom is 0.239 e. The van der Waals surface area contributed by atoms with E-state index in [0.717, 1.165) is 12.8 Å². The first-order valence-corrected chi connectivity index (χ1v) is 6.95. The summed E-state index contributed by atoms with van der Waals surface area (Å²) in [5, 5.41) is 0. The van der Waals surface area contributed by atoms with Crippen LogP contribution in [0.1, 0.15) is 52.9 Å². The van der Waals surface area contributed by atoms with Gasteiger partial charge in [0.2, 0.25) is 5.91 Å². The summed E-state index contributed by atoms with van der Waals surface area (Å²) in [7, 11) is 1.93. The second-order valence-corrected chi connectivity index (χ2v) is 6.01. The summed E-state index contributed by atoms with van der Waals surface area (Å²) in [5.41, 5.74) is 5.98. The highest BCUT2D eigenvalue weighted by Crippen LogP contribution is 2.27. The highest BCUT2D eigenvalue weighted by atomic mass is 16.2. The normalized spacial score (nSPS) is 26.9. The van der Waals surface area contributed by atoms with E-state index in [1.807, 2.05) is 11.9 Å². The first-order chi connectivity index (χ1) is 7.93. The average Bonchev–Trinajstić information content (AvgIpc) is 2.27. The van der Waals surface area contributed by atoms with Gasteiger partial charge in [-0.15, -0.1) is 0 Å². The molecule has 2 N–H and O–H groups in total. The number of hydrogen-bond acceptors (Lipinski definition) is 2. The van der Waals surface area contributed by atoms with Gasteiger partial charge in [-0.3, -0.25) is 4.79 Å². The molecule has 0 saturated heterocycles. The Kier molecular flexibility index (Phi) is 5.44. The van der Waals surface area contributed by atoms with Gasteiger partial charge in [0.05, 0.1) is 6.04 Å². The highest BCUT2D eigenvalue weighted by molar-refractivity contribution is 5.81. The second-order valence-electron chi connectivity index (χ2n) is 6.01. The zero-order valence-corrected chi connectivity index (χ0v) is 11.8. The highest BCUT2D eigenvalue weighted by Gasteiger charge is 2.30. The van der Waals surface area contributed by atoms with Crippen molar-refractivity contribution < 1.29 is 4.79 Å². The van der Waals surface area contributed by atoms with Gasteiger partial charge in [0, 0.05) is 13.1 Å². The van der Waals surface area contributed by atoms with Gasteiger partial charge in [0.15, 0.2) is 0 Å². The fourth-order valence-electron chi connectivity index (χ4n) is 2.91. The van der Waals surface area contributed by atoms with Crippen LogP contribution in [0.15, 0.2) is 0 Å². The first-order valence-electron chi connectivity index (χ1n) is 6.95. The molecule has 0 aromatic carbocycles. The van der Waals surface area contributed by atoms with Gasteiger partial charge < -0.3 is 10.6 Å². The van der Waals surface area contributed by atoms with E-state index in [9.17, 15) is 4.79 Å². The van der Waals surface area contributed by atoms with Crippen molar-refractivity contribution in [1.29, 1.82) is 0 Å². The summed E-state index contributed by atoms with van der Waals surface area (Å²) in [6.07, 6.45) is 5.70. The number of carbonyl (C=O) groups is 1. The fourth-order valence-corrected chi connectivity index (χ4v) is 2.91. The van der Waals surface area contributed by atoms with Crippen LogP contribution >= 0.6 is 0 Å². The lowest BCUT2D eigenvalue weighted by molar-refractivity contribution is -0.135. The molecule has 1 saturated carbocycles. The molecule has 1 amide bonds. The molecule has 0 aromatic rings. The number of nitrogens with two attached hydrogens (primary N) is 1. The molecule has 3 unspecified atom stereocenters. The Morgan fingerprint density at radius 3 is 2.47 bits per heavy atom. The minimum atomic E-state index is -0.325. The molecule has 3 nitrogen and oxygen atoms in total. The van der Waals surface area contributed by atoms with Crippen molar-refractivity contribution >= 4 is 5.91 Å². The van der Waals surface area contributed by atoms with Crippen LogP contribution in [0.25, 0.3) is 0 Å². The van der Waals surface area contributed by atoms with Crippen LogP contribution in [0.3, 0.4) is 0 Å². The van der Waals surface area contributed by atoms with E-state index in [1.165, 1.54) is 19.3 Å². The number of carbonyl (C=O) groups excluding carboxylic acids is 1. The monoisotopic (exact) mass is 240 g/mol. The van der Waals surface area contributed by atoms with Crippen molar-refractivity contribution in [3.8, 4) is 0 Å². The standard InChI is InChI=1S/C14H28N2O/c1-10(2)9-12(15)14(17)16(4)13-8-6-5-7-11(13)3/h10-13H,5-9,15H2,1-4H3. The molecule has 1 aliphatic carbocycles. The summed E-state index contributed by atoms with van der Waals surface area (Å²) in [6, 6.07) is 0.0728. The lowest BCUT2D eigenvalue weighted by atomic mass is 9.84. The van der Waals surface area contributed by atoms with Gasteiger partial charge >= 0.3 is 0 Å². The van der Waals surface area contributed by atoms with Gasteiger partial charge in [-0.1, -0.05) is 33.6 Å². The Labute approximate surface area is 106 Å². The van der Waals surface area contributed by atoms with Crippen molar-refractivity contribution in [2.45, 2.75) is 65.0 Å². The second kappa shape index (κ2) is 6.39. The van der Waals surface area contributed by atoms with E-state index in [4.69, 9.17) is 5.73 Å². The summed E-state index contributed by atoms with van der Waals surface area (Å²) in [6.45, 7) is 6.47. The molecule has 1 aliphatic rings. The van der Waals surface area contributed by atoms with Crippen LogP contribution in [0.2, 0.25) is 0 Å². The summed E-state index contributed by atoms with van der Waals surface area (Å²) in [5.74, 6) is 1.22. The molecule has 0 aliphatic heterocycles. The summed E-state index contributed by atoms with van der Waals surface area (Å²) < 4.78 is 0. The predicted molar refractivity (Wildman–Crippen MR) is 71.6 cm³/mol. The molecule has 0 heterocycles. The zero-order chi connectivity index (χ0) is 13.0. The van der Waals surface area contributed by atoms with Gasteiger partial charge in [0.25, 0.3) is 0 Å². The molecular formula is C14H28N2O. The fraction of sp³-hybridized carbons (Fsp3) is 0.929. The van der Waals surface area contributed by atoms with Crippen molar-refractivity contribution in [1.82, 2.24) is 4.90 Å². The van der Waals surface area contributed by atoms with Gasteiger partial charge in [-0.05, 0) is 31.1 Å². The molecule has 1 rings (SSSR count). The van der Waals surface area contributed by atoms with Crippen molar-refractivity contribution in [3.05, 3.63) is 0 Å². The van der Waals surface area contributed by atoms with Crippen LogP contribution in [0.4, 0.5) is 0 Å². The van der Waals surface area contributed by atoms with Crippen molar-refractivity contribution in [2.75, 3.05) is 7.05 Å². The van der Waals surface area contributed by atoms with Gasteiger partial charge in [0.1, 0.15) is 0 Å². The molecule has 0 radical (unpaired) electrons. The summed E-state index contributed by atoms with van der Waals surface area (Å²) >= 11 is 0. The molecule has 17 heavy (non-hydrogen) atoms. The molecule has 3 atom stereocenters. The zero-order valence-electron chi connectivity index (χ0n) is 11.8. The predicted octanol–water partition coefficient (Wildman–Crippen LogP) is 2.40. The van der Waals surface area contributed by atoms with Crippen LogP contribution < -0.4 is 5.73 Å². The van der Waals surface area contributed by atoms with E-state index in [1.54, 1.807) is 0 Å².